The van der Waals surface area contributed by atoms with E-state index in [9.17, 15) is 40.3 Å². The van der Waals surface area contributed by atoms with E-state index in [2.05, 4.69) is 4.42 Å². The third-order valence-corrected chi connectivity index (χ3v) is 2.22. The summed E-state index contributed by atoms with van der Waals surface area (Å²) in [6.45, 7) is 0. The Morgan fingerprint density at radius 2 is 1.57 bits per heavy atom. The number of furan rings is 1. The molecule has 0 saturated carbocycles. The predicted molar refractivity (Wildman–Crippen MR) is 48.6 cm³/mol. The van der Waals surface area contributed by atoms with E-state index >= 15 is 0 Å². The second-order valence-electron chi connectivity index (χ2n) is 3.65. The van der Waals surface area contributed by atoms with Crippen LogP contribution in [0.1, 0.15) is 17.0 Å². The van der Waals surface area contributed by atoms with Gasteiger partial charge in [-0.1, -0.05) is 0 Å². The Balaban J connectivity index is 0.00000400. The largest absolute Gasteiger partial charge is 2.00 e. The number of ketones is 2. The van der Waals surface area contributed by atoms with Gasteiger partial charge in [0, 0.05) is 0 Å². The summed E-state index contributed by atoms with van der Waals surface area (Å²) in [5.41, 5.74) is 0. The molecule has 0 fully saturated rings. The molecule has 0 bridgehead atoms. The molecular weight excluding hydrogens is 365 g/mol. The topological polar surface area (TPSA) is 47.3 Å². The van der Waals surface area contributed by atoms with Crippen molar-refractivity contribution in [2.24, 2.45) is 0 Å². The van der Waals surface area contributed by atoms with Gasteiger partial charge in [-0.05, 0) is 12.1 Å². The van der Waals surface area contributed by atoms with E-state index in [1.54, 1.807) is 0 Å². The number of alkyl halides is 7. The number of Topliss-reactive ketones (excluding diaryl/α,β-unsaturated/α-hetero) is 2. The van der Waals surface area contributed by atoms with Crippen LogP contribution in [0.2, 0.25) is 0 Å². The molecule has 1 aromatic rings. The maximum absolute atomic E-state index is 12.9. The number of rotatable bonds is 5. The molecule has 0 aliphatic rings. The molecule has 21 heavy (non-hydrogen) atoms. The van der Waals surface area contributed by atoms with Crippen molar-refractivity contribution in [3.05, 3.63) is 24.2 Å². The molecule has 1 rings (SSSR count). The molecule has 0 amide bonds. The fourth-order valence-corrected chi connectivity index (χ4v) is 1.13. The van der Waals surface area contributed by atoms with Gasteiger partial charge in [-0.25, -0.2) is 0 Å². The molecule has 0 aliphatic heterocycles. The molecule has 1 aromatic heterocycles. The van der Waals surface area contributed by atoms with E-state index in [0.717, 1.165) is 18.4 Å². The molecule has 11 heteroatoms. The van der Waals surface area contributed by atoms with Crippen LogP contribution >= 0.6 is 0 Å². The summed E-state index contributed by atoms with van der Waals surface area (Å²) < 4.78 is 90.7. The third kappa shape index (κ3) is 3.65. The minimum atomic E-state index is -6.63. The van der Waals surface area contributed by atoms with Crippen molar-refractivity contribution >= 4 is 11.6 Å². The van der Waals surface area contributed by atoms with Crippen LogP contribution in [0.4, 0.5) is 30.7 Å². The molecule has 0 spiro atoms. The molecule has 0 aromatic carbocycles. The van der Waals surface area contributed by atoms with E-state index in [4.69, 9.17) is 0 Å². The smallest absolute Gasteiger partial charge is 0.461 e. The fourth-order valence-electron chi connectivity index (χ4n) is 1.13. The van der Waals surface area contributed by atoms with Gasteiger partial charge < -0.3 is 4.42 Å². The van der Waals surface area contributed by atoms with Crippen molar-refractivity contribution < 1.29 is 61.8 Å². The predicted octanol–water partition coefficient (Wildman–Crippen LogP) is 3.25. The quantitative estimate of drug-likeness (QED) is 0.346. The minimum Gasteiger partial charge on any atom is -0.461 e. The Labute approximate surface area is 122 Å². The van der Waals surface area contributed by atoms with E-state index in [1.165, 1.54) is 0 Å². The van der Waals surface area contributed by atoms with E-state index in [1.807, 2.05) is 0 Å². The maximum atomic E-state index is 12.9. The summed E-state index contributed by atoms with van der Waals surface area (Å²) in [6.07, 6.45) is -7.54. The van der Waals surface area contributed by atoms with Gasteiger partial charge in [0.1, 0.15) is 0 Å². The molecule has 1 radical (unpaired) electrons. The van der Waals surface area contributed by atoms with Crippen LogP contribution in [0, 0.1) is 0 Å². The first-order valence-electron chi connectivity index (χ1n) is 4.83. The summed E-state index contributed by atoms with van der Waals surface area (Å²) in [7, 11) is 0. The molecule has 1 heterocycles. The van der Waals surface area contributed by atoms with Crippen molar-refractivity contribution in [2.45, 2.75) is 24.4 Å². The standard InChI is InChI=1S/C10H5F7O3.Cu/c11-8(12,9(13,14)10(15,16)17)7(19)4-5(18)6-2-1-3-20-6;/h1-3H,4H2;/q;+2. The summed E-state index contributed by atoms with van der Waals surface area (Å²) in [5, 5.41) is 0. The van der Waals surface area contributed by atoms with Gasteiger partial charge in [0.15, 0.2) is 5.76 Å². The van der Waals surface area contributed by atoms with Crippen molar-refractivity contribution in [3.8, 4) is 0 Å². The normalized spacial score (nSPS) is 12.7. The van der Waals surface area contributed by atoms with E-state index < -0.39 is 41.8 Å². The van der Waals surface area contributed by atoms with Gasteiger partial charge in [-0.3, -0.25) is 9.59 Å². The number of halogens is 7. The van der Waals surface area contributed by atoms with Crippen LogP contribution in [-0.2, 0) is 21.9 Å². The minimum absolute atomic E-state index is 0. The summed E-state index contributed by atoms with van der Waals surface area (Å²) in [5.74, 6) is -17.5. The average Bonchev–Trinajstić information content (AvgIpc) is 2.80. The first kappa shape index (κ1) is 19.6. The zero-order chi connectivity index (χ0) is 15.8. The van der Waals surface area contributed by atoms with Gasteiger partial charge in [0.05, 0.1) is 12.7 Å². The van der Waals surface area contributed by atoms with Crippen LogP contribution in [0.3, 0.4) is 0 Å². The first-order valence-corrected chi connectivity index (χ1v) is 4.83. The van der Waals surface area contributed by atoms with Gasteiger partial charge >= 0.3 is 35.1 Å². The first-order chi connectivity index (χ1) is 8.91. The summed E-state index contributed by atoms with van der Waals surface area (Å²) in [4.78, 5) is 22.0. The van der Waals surface area contributed by atoms with Crippen molar-refractivity contribution in [1.82, 2.24) is 0 Å². The SMILES string of the molecule is O=C(CC(=O)C(F)(F)C(F)(F)C(F)(F)F)c1ccco1.[Cu+2]. The zero-order valence-electron chi connectivity index (χ0n) is 9.61. The van der Waals surface area contributed by atoms with Crippen LogP contribution in [0.5, 0.6) is 0 Å². The van der Waals surface area contributed by atoms with Crippen molar-refractivity contribution in [3.63, 3.8) is 0 Å². The maximum Gasteiger partial charge on any atom is 2.00 e. The Hall–Kier alpha value is -1.35. The second kappa shape index (κ2) is 6.18. The Kier molecular flexibility index (Phi) is 5.79. The van der Waals surface area contributed by atoms with Crippen LogP contribution in [0.25, 0.3) is 0 Å². The number of hydrogen-bond donors (Lipinski definition) is 0. The van der Waals surface area contributed by atoms with Gasteiger partial charge in [0.2, 0.25) is 11.6 Å². The molecule has 0 unspecified atom stereocenters. The number of carbonyl (C=O) groups is 2. The average molecular weight is 370 g/mol. The molecule has 0 aliphatic carbocycles. The van der Waals surface area contributed by atoms with Crippen LogP contribution < -0.4 is 0 Å². The van der Waals surface area contributed by atoms with Gasteiger partial charge in [-0.15, -0.1) is 0 Å². The van der Waals surface area contributed by atoms with Gasteiger partial charge in [0.25, 0.3) is 0 Å². The molecule has 3 nitrogen and oxygen atoms in total. The monoisotopic (exact) mass is 369 g/mol. The Morgan fingerprint density at radius 3 is 1.95 bits per heavy atom. The number of hydrogen-bond acceptors (Lipinski definition) is 3. The summed E-state index contributed by atoms with van der Waals surface area (Å²) >= 11 is 0. The van der Waals surface area contributed by atoms with Crippen LogP contribution in [0.15, 0.2) is 22.8 Å². The second-order valence-corrected chi connectivity index (χ2v) is 3.65. The molecule has 0 saturated heterocycles. The Bertz CT molecular complexity index is 507. The molecular formula is C10H5CuF7O3+2. The third-order valence-electron chi connectivity index (χ3n) is 2.22. The van der Waals surface area contributed by atoms with E-state index in [-0.39, 0.29) is 17.1 Å². The van der Waals surface area contributed by atoms with Gasteiger partial charge in [-0.2, -0.15) is 30.7 Å². The number of carbonyl (C=O) groups excluding carboxylic acids is 2. The molecule has 121 valence electrons. The summed E-state index contributed by atoms with van der Waals surface area (Å²) in [6, 6.07) is 2.08. The van der Waals surface area contributed by atoms with Crippen molar-refractivity contribution in [2.75, 3.05) is 0 Å². The molecule has 0 N–H and O–H groups in total. The fraction of sp³-hybridized carbons (Fsp3) is 0.400. The molecule has 0 atom stereocenters. The van der Waals surface area contributed by atoms with E-state index in [0.29, 0.717) is 0 Å². The van der Waals surface area contributed by atoms with Crippen molar-refractivity contribution in [1.29, 1.82) is 0 Å². The Morgan fingerprint density at radius 1 is 1.05 bits per heavy atom. The zero-order valence-corrected chi connectivity index (χ0v) is 10.6. The van der Waals surface area contributed by atoms with Crippen LogP contribution in [-0.4, -0.2) is 29.6 Å².